The molecule has 0 radical (unpaired) electrons. The van der Waals surface area contributed by atoms with Gasteiger partial charge in [-0.2, -0.15) is 0 Å². The molecule has 0 aromatic heterocycles. The van der Waals surface area contributed by atoms with E-state index in [-0.39, 0.29) is 11.7 Å². The van der Waals surface area contributed by atoms with E-state index in [9.17, 15) is 0 Å². The third-order valence-electron chi connectivity index (χ3n) is 15.4. The predicted octanol–water partition coefficient (Wildman–Crippen LogP) is 2.84. The van der Waals surface area contributed by atoms with E-state index < -0.39 is 196 Å². The predicted molar refractivity (Wildman–Crippen MR) is 183 cm³/mol. The first-order chi connectivity index (χ1) is 28.5. The Bertz CT molecular complexity index is 1540. The van der Waals surface area contributed by atoms with Crippen molar-refractivity contribution in [2.45, 2.75) is 168 Å². The molecule has 8 N–H and O–H groups in total. The van der Waals surface area contributed by atoms with Gasteiger partial charge in [-0.3, -0.25) is 37.2 Å². The van der Waals surface area contributed by atoms with Gasteiger partial charge in [-0.25, -0.2) is 61.5 Å². The fraction of sp³-hybridized carbons (Fsp3) is 1.00. The quantitative estimate of drug-likeness (QED) is 0.123. The fourth-order valence-corrected chi connectivity index (χ4v) is 12.6. The molecule has 8 bridgehead atoms. The van der Waals surface area contributed by atoms with Gasteiger partial charge in [-0.05, 0) is 25.3 Å². The van der Waals surface area contributed by atoms with Gasteiger partial charge in [0.2, 0.25) is 0 Å². The number of fused-ring (bicyclic) bond motifs is 20. The van der Waals surface area contributed by atoms with Crippen LogP contribution in [-0.4, -0.2) is 153 Å². The highest BCUT2D eigenvalue weighted by atomic mass is 19.2. The number of nitrogens with one attached hydrogen (secondary N) is 8. The Kier molecular flexibility index (Phi) is 11.9. The van der Waals surface area contributed by atoms with Crippen molar-refractivity contribution in [1.29, 1.82) is 0 Å². The van der Waals surface area contributed by atoms with Gasteiger partial charge in [-0.1, -0.05) is 13.3 Å². The van der Waals surface area contributed by atoms with E-state index in [1.54, 1.807) is 0 Å². The lowest BCUT2D eigenvalue weighted by Crippen LogP contribution is -2.65. The molecule has 344 valence electrons. The third kappa shape index (κ3) is 6.53. The maximum Gasteiger partial charge on any atom is 0.165 e. The molecule has 31 atom stereocenters. The van der Waals surface area contributed by atoms with Crippen LogP contribution in [0.5, 0.6) is 0 Å². The highest BCUT2D eigenvalue weighted by molar-refractivity contribution is 5.18. The van der Waals surface area contributed by atoms with Gasteiger partial charge in [0.15, 0.2) is 37.0 Å². The van der Waals surface area contributed by atoms with Crippen LogP contribution in [0.1, 0.15) is 26.2 Å². The first-order valence-corrected chi connectivity index (χ1v) is 20.9. The summed E-state index contributed by atoms with van der Waals surface area (Å²) in [5.74, 6) is -13.9. The zero-order chi connectivity index (χ0) is 43.0. The lowest BCUT2D eigenvalue weighted by molar-refractivity contribution is -0.0975. The molecule has 5 saturated heterocycles. The summed E-state index contributed by atoms with van der Waals surface area (Å²) < 4.78 is 236. The van der Waals surface area contributed by atoms with Crippen LogP contribution in [0.4, 0.5) is 65.9 Å². The smallest absolute Gasteiger partial charge is 0.165 e. The summed E-state index contributed by atoms with van der Waals surface area (Å²) in [6.45, 7) is 1.94. The van der Waals surface area contributed by atoms with Crippen molar-refractivity contribution in [1.82, 2.24) is 47.7 Å². The van der Waals surface area contributed by atoms with Gasteiger partial charge >= 0.3 is 0 Å². The molecule has 9 rings (SSSR count). The summed E-state index contributed by atoms with van der Waals surface area (Å²) in [5.41, 5.74) is 0. The Hall–Kier alpha value is -1.41. The summed E-state index contributed by atoms with van der Waals surface area (Å²) in [6.07, 6.45) is -52.9. The molecule has 5 heterocycles. The van der Waals surface area contributed by atoms with Gasteiger partial charge < -0.3 is 5.32 Å². The lowest BCUT2D eigenvalue weighted by atomic mass is 9.71. The van der Waals surface area contributed by atoms with Crippen LogP contribution in [0.25, 0.3) is 0 Å². The van der Waals surface area contributed by atoms with Crippen molar-refractivity contribution in [3.63, 3.8) is 0 Å². The van der Waals surface area contributed by atoms with Crippen molar-refractivity contribution >= 4 is 0 Å². The van der Waals surface area contributed by atoms with Crippen LogP contribution in [0.15, 0.2) is 0 Å². The Balaban J connectivity index is 1.16. The molecule has 9 nitrogen and oxygen atoms in total. The first-order valence-electron chi connectivity index (χ1n) is 20.9. The van der Waals surface area contributed by atoms with Gasteiger partial charge in [0, 0.05) is 47.5 Å². The fourth-order valence-electron chi connectivity index (χ4n) is 12.6. The summed E-state index contributed by atoms with van der Waals surface area (Å²) in [7, 11) is 0. The zero-order valence-electron chi connectivity index (χ0n) is 31.8. The van der Waals surface area contributed by atoms with E-state index in [4.69, 9.17) is 0 Å². The Morgan fingerprint density at radius 1 is 0.417 bits per heavy atom. The number of unbranched alkanes of at least 4 members (excludes halogenated alkanes) is 1. The second-order valence-electron chi connectivity index (χ2n) is 18.3. The first kappa shape index (κ1) is 43.8. The van der Waals surface area contributed by atoms with E-state index in [1.165, 1.54) is 0 Å². The second kappa shape index (κ2) is 16.2. The Morgan fingerprint density at radius 2 is 0.783 bits per heavy atom. The van der Waals surface area contributed by atoms with Crippen LogP contribution >= 0.6 is 0 Å². The average Bonchev–Trinajstić information content (AvgIpc) is 3.94. The summed E-state index contributed by atoms with van der Waals surface area (Å²) >= 11 is 0. The Labute approximate surface area is 335 Å². The average molecular weight is 894 g/mol. The maximum absolute atomic E-state index is 16.9. The van der Waals surface area contributed by atoms with E-state index in [1.807, 2.05) is 6.92 Å². The molecule has 0 amide bonds. The molecule has 31 unspecified atom stereocenters. The normalized spacial score (nSPS) is 61.5. The summed E-state index contributed by atoms with van der Waals surface area (Å²) in [5, 5.41) is 22.0. The molecular formula is C36H50F15N9. The van der Waals surface area contributed by atoms with Crippen molar-refractivity contribution in [2.75, 3.05) is 6.54 Å². The second-order valence-corrected chi connectivity index (χ2v) is 18.3. The van der Waals surface area contributed by atoms with Crippen molar-refractivity contribution in [3.8, 4) is 0 Å². The van der Waals surface area contributed by atoms with Crippen LogP contribution in [0, 0.1) is 47.3 Å². The van der Waals surface area contributed by atoms with E-state index in [0.717, 1.165) is 0 Å². The monoisotopic (exact) mass is 893 g/mol. The zero-order valence-corrected chi connectivity index (χ0v) is 31.8. The molecule has 0 aromatic carbocycles. The molecule has 60 heavy (non-hydrogen) atoms. The lowest BCUT2D eigenvalue weighted by Gasteiger charge is -2.44. The van der Waals surface area contributed by atoms with Gasteiger partial charge in [0.25, 0.3) is 0 Å². The highest BCUT2D eigenvalue weighted by Crippen LogP contribution is 2.52. The molecule has 9 aliphatic rings. The SMILES string of the molecule is CCCCNC1C(F)C(F)C(F)C2C3NC4NC(NC5C6C(F)C(F)C(F)C(F)C6C(NC6NC(NC(N3)C12)C1C(F)C(F)C(F)C(F)C61)N5F)C1C(F)C(F)C(F)CC41. The van der Waals surface area contributed by atoms with Gasteiger partial charge in [0.05, 0.1) is 49.3 Å². The standard InChI is InChI=1S/C36H50F15N9/c1-2-3-4-52-28-14-11(19(42)26(49)27(28)50)32-54-29-6-5-7(37)15(38)16(39)8(6)30(53-29)58-35-12-13(21(44)25(48)24(47)20(12)43)36(60(35)51)59-33-10-9(31(55-33)56-34(14)57-32)17(40)22(45)23(46)18(10)41/h6-36,52-59H,2-5H2,1H3. The molecule has 4 saturated carbocycles. The molecule has 24 heteroatoms. The Morgan fingerprint density at radius 3 is 1.27 bits per heavy atom. The minimum Gasteiger partial charge on any atom is -0.311 e. The maximum atomic E-state index is 16.9. The molecule has 0 spiro atoms. The van der Waals surface area contributed by atoms with E-state index >= 15 is 65.9 Å². The summed E-state index contributed by atoms with van der Waals surface area (Å²) in [6, 6.07) is -1.47. The number of halogens is 15. The number of rotatable bonds is 4. The number of alkyl halides is 14. The van der Waals surface area contributed by atoms with Crippen LogP contribution in [-0.2, 0) is 0 Å². The largest absolute Gasteiger partial charge is 0.311 e. The van der Waals surface area contributed by atoms with E-state index in [2.05, 4.69) is 42.5 Å². The minimum atomic E-state index is -3.15. The van der Waals surface area contributed by atoms with Gasteiger partial charge in [0.1, 0.15) is 49.4 Å². The molecule has 4 aliphatic carbocycles. The van der Waals surface area contributed by atoms with Gasteiger partial charge in [-0.15, -0.1) is 9.60 Å². The number of hydrogen-bond acceptors (Lipinski definition) is 9. The van der Waals surface area contributed by atoms with Crippen LogP contribution in [0.2, 0.25) is 0 Å². The van der Waals surface area contributed by atoms with Crippen molar-refractivity contribution < 1.29 is 65.9 Å². The summed E-state index contributed by atoms with van der Waals surface area (Å²) in [4.78, 5) is 0. The number of nitrogens with zero attached hydrogens (tertiary/aromatic N) is 1. The highest BCUT2D eigenvalue weighted by Gasteiger charge is 2.69. The van der Waals surface area contributed by atoms with E-state index in [0.29, 0.717) is 12.8 Å². The molecule has 5 aliphatic heterocycles. The molecule has 0 aromatic rings. The van der Waals surface area contributed by atoms with Crippen molar-refractivity contribution in [2.24, 2.45) is 47.3 Å². The minimum absolute atomic E-state index is 0.124. The molecular weight excluding hydrogens is 843 g/mol. The van der Waals surface area contributed by atoms with Crippen molar-refractivity contribution in [3.05, 3.63) is 0 Å². The van der Waals surface area contributed by atoms with Crippen LogP contribution in [0.3, 0.4) is 0 Å². The third-order valence-corrected chi connectivity index (χ3v) is 15.4. The molecule has 9 fully saturated rings. The number of hydrogen-bond donors (Lipinski definition) is 8. The topological polar surface area (TPSA) is 99.5 Å². The van der Waals surface area contributed by atoms with Crippen LogP contribution < -0.4 is 42.5 Å².